The van der Waals surface area contributed by atoms with Gasteiger partial charge in [0, 0.05) is 4.88 Å². The lowest BCUT2D eigenvalue weighted by molar-refractivity contribution is 0.589. The second-order valence-corrected chi connectivity index (χ2v) is 5.64. The van der Waals surface area contributed by atoms with Gasteiger partial charge in [-0.05, 0) is 29.9 Å². The number of thiophene rings is 1. The molecular weight excluding hydrogens is 236 g/mol. The van der Waals surface area contributed by atoms with Crippen molar-refractivity contribution in [2.75, 3.05) is 0 Å². The first-order valence-electron chi connectivity index (χ1n) is 6.49. The van der Waals surface area contributed by atoms with Gasteiger partial charge in [0.15, 0.2) is 0 Å². The normalized spacial score (nSPS) is 10.9. The van der Waals surface area contributed by atoms with Crippen LogP contribution in [0, 0.1) is 0 Å². The smallest absolute Gasteiger partial charge is 0.0570 e. The monoisotopic (exact) mass is 258 g/mol. The Morgan fingerprint density at radius 1 is 1.06 bits per heavy atom. The average molecular weight is 259 g/mol. The highest BCUT2D eigenvalue weighted by Gasteiger charge is 2.02. The van der Waals surface area contributed by atoms with E-state index in [1.165, 1.54) is 61.8 Å². The Kier molecular flexibility index (Phi) is 7.96. The SMILES string of the molecule is CCCCCCCCCc1ccsc1CCl. The fraction of sp³-hybridized carbons (Fsp3) is 0.714. The van der Waals surface area contributed by atoms with Crippen LogP contribution in [0.15, 0.2) is 11.4 Å². The highest BCUT2D eigenvalue weighted by molar-refractivity contribution is 7.10. The van der Waals surface area contributed by atoms with E-state index < -0.39 is 0 Å². The predicted molar refractivity (Wildman–Crippen MR) is 75.6 cm³/mol. The van der Waals surface area contributed by atoms with Crippen molar-refractivity contribution in [2.24, 2.45) is 0 Å². The molecule has 0 atom stereocenters. The molecule has 0 aliphatic carbocycles. The molecule has 0 unspecified atom stereocenters. The first-order chi connectivity index (χ1) is 7.88. The summed E-state index contributed by atoms with van der Waals surface area (Å²) in [6, 6.07) is 2.24. The number of halogens is 1. The van der Waals surface area contributed by atoms with E-state index >= 15 is 0 Å². The van der Waals surface area contributed by atoms with E-state index in [2.05, 4.69) is 18.4 Å². The Bertz CT molecular complexity index is 267. The van der Waals surface area contributed by atoms with E-state index in [0.29, 0.717) is 5.88 Å². The van der Waals surface area contributed by atoms with E-state index in [-0.39, 0.29) is 0 Å². The third kappa shape index (κ3) is 5.36. The number of alkyl halides is 1. The maximum absolute atomic E-state index is 5.88. The van der Waals surface area contributed by atoms with Crippen LogP contribution in [-0.4, -0.2) is 0 Å². The first-order valence-corrected chi connectivity index (χ1v) is 7.91. The van der Waals surface area contributed by atoms with E-state index in [1.54, 1.807) is 11.3 Å². The van der Waals surface area contributed by atoms with Crippen molar-refractivity contribution in [3.63, 3.8) is 0 Å². The molecule has 0 aromatic carbocycles. The number of hydrogen-bond acceptors (Lipinski definition) is 1. The molecule has 0 bridgehead atoms. The van der Waals surface area contributed by atoms with Gasteiger partial charge in [-0.3, -0.25) is 0 Å². The minimum absolute atomic E-state index is 0.684. The van der Waals surface area contributed by atoms with Gasteiger partial charge in [0.2, 0.25) is 0 Å². The van der Waals surface area contributed by atoms with Gasteiger partial charge in [-0.2, -0.15) is 0 Å². The van der Waals surface area contributed by atoms with Crippen LogP contribution in [-0.2, 0) is 12.3 Å². The lowest BCUT2D eigenvalue weighted by Crippen LogP contribution is -1.87. The molecule has 1 heterocycles. The maximum atomic E-state index is 5.88. The molecule has 1 aromatic heterocycles. The summed E-state index contributed by atoms with van der Waals surface area (Å²) in [5.41, 5.74) is 1.48. The van der Waals surface area contributed by atoms with E-state index in [1.807, 2.05) is 0 Å². The fourth-order valence-electron chi connectivity index (χ4n) is 1.98. The second-order valence-electron chi connectivity index (χ2n) is 4.37. The van der Waals surface area contributed by atoms with Crippen molar-refractivity contribution in [1.82, 2.24) is 0 Å². The molecule has 0 N–H and O–H groups in total. The van der Waals surface area contributed by atoms with Crippen LogP contribution in [0.25, 0.3) is 0 Å². The Hall–Kier alpha value is -0.0100. The molecule has 0 amide bonds. The lowest BCUT2D eigenvalue weighted by Gasteiger charge is -2.02. The minimum Gasteiger partial charge on any atom is -0.147 e. The summed E-state index contributed by atoms with van der Waals surface area (Å²) in [5.74, 6) is 0.684. The van der Waals surface area contributed by atoms with E-state index in [9.17, 15) is 0 Å². The molecule has 0 nitrogen and oxygen atoms in total. The number of aryl methyl sites for hydroxylation is 1. The van der Waals surface area contributed by atoms with E-state index in [0.717, 1.165) is 0 Å². The fourth-order valence-corrected chi connectivity index (χ4v) is 3.12. The van der Waals surface area contributed by atoms with Crippen LogP contribution in [0.3, 0.4) is 0 Å². The van der Waals surface area contributed by atoms with Crippen LogP contribution in [0.5, 0.6) is 0 Å². The number of hydrogen-bond donors (Lipinski definition) is 0. The molecule has 0 aliphatic rings. The summed E-state index contributed by atoms with van der Waals surface area (Å²) in [6.45, 7) is 2.27. The van der Waals surface area contributed by atoms with Gasteiger partial charge in [-0.1, -0.05) is 45.4 Å². The van der Waals surface area contributed by atoms with Gasteiger partial charge in [0.1, 0.15) is 0 Å². The van der Waals surface area contributed by atoms with Gasteiger partial charge in [0.25, 0.3) is 0 Å². The van der Waals surface area contributed by atoms with Crippen LogP contribution in [0.4, 0.5) is 0 Å². The highest BCUT2D eigenvalue weighted by atomic mass is 35.5. The Morgan fingerprint density at radius 3 is 2.44 bits per heavy atom. The molecule has 0 aliphatic heterocycles. The summed E-state index contributed by atoms with van der Waals surface area (Å²) in [4.78, 5) is 1.37. The Labute approximate surface area is 109 Å². The van der Waals surface area contributed by atoms with Crippen molar-refractivity contribution in [2.45, 2.75) is 64.2 Å². The molecule has 0 radical (unpaired) electrons. The van der Waals surface area contributed by atoms with Gasteiger partial charge in [0.05, 0.1) is 5.88 Å². The van der Waals surface area contributed by atoms with Crippen molar-refractivity contribution in [3.8, 4) is 0 Å². The van der Waals surface area contributed by atoms with Crippen LogP contribution in [0.1, 0.15) is 62.3 Å². The zero-order valence-corrected chi connectivity index (χ0v) is 11.9. The van der Waals surface area contributed by atoms with E-state index in [4.69, 9.17) is 11.6 Å². The van der Waals surface area contributed by atoms with Crippen LogP contribution < -0.4 is 0 Å². The van der Waals surface area contributed by atoms with Gasteiger partial charge in [-0.15, -0.1) is 22.9 Å². The largest absolute Gasteiger partial charge is 0.147 e. The standard InChI is InChI=1S/C14H23ClS/c1-2-3-4-5-6-7-8-9-13-10-11-16-14(13)12-15/h10-11H,2-9,12H2,1H3. The number of rotatable bonds is 9. The topological polar surface area (TPSA) is 0 Å². The molecular formula is C14H23ClS. The Balaban J connectivity index is 2.03. The zero-order valence-electron chi connectivity index (χ0n) is 10.3. The van der Waals surface area contributed by atoms with Crippen LogP contribution in [0.2, 0.25) is 0 Å². The zero-order chi connectivity index (χ0) is 11.6. The van der Waals surface area contributed by atoms with Crippen molar-refractivity contribution < 1.29 is 0 Å². The molecule has 0 fully saturated rings. The molecule has 2 heteroatoms. The van der Waals surface area contributed by atoms with Gasteiger partial charge < -0.3 is 0 Å². The van der Waals surface area contributed by atoms with Crippen molar-refractivity contribution in [1.29, 1.82) is 0 Å². The molecule has 1 aromatic rings. The Morgan fingerprint density at radius 2 is 1.75 bits per heavy atom. The van der Waals surface area contributed by atoms with Crippen molar-refractivity contribution in [3.05, 3.63) is 21.9 Å². The summed E-state index contributed by atoms with van der Waals surface area (Å²) in [6.07, 6.45) is 10.9. The second kappa shape index (κ2) is 9.07. The minimum atomic E-state index is 0.684. The molecule has 0 spiro atoms. The molecule has 16 heavy (non-hydrogen) atoms. The summed E-state index contributed by atoms with van der Waals surface area (Å²) >= 11 is 7.67. The quantitative estimate of drug-likeness (QED) is 0.389. The van der Waals surface area contributed by atoms with Gasteiger partial charge >= 0.3 is 0 Å². The summed E-state index contributed by atoms with van der Waals surface area (Å²) < 4.78 is 0. The van der Waals surface area contributed by atoms with Crippen molar-refractivity contribution >= 4 is 22.9 Å². The third-order valence-corrected chi connectivity index (χ3v) is 4.40. The molecule has 0 saturated heterocycles. The molecule has 92 valence electrons. The van der Waals surface area contributed by atoms with Crippen LogP contribution >= 0.6 is 22.9 Å². The first kappa shape index (κ1) is 14.1. The lowest BCUT2D eigenvalue weighted by atomic mass is 10.1. The number of unbranched alkanes of at least 4 members (excludes halogenated alkanes) is 6. The highest BCUT2D eigenvalue weighted by Crippen LogP contribution is 2.21. The third-order valence-electron chi connectivity index (χ3n) is 3.01. The van der Waals surface area contributed by atoms with Gasteiger partial charge in [-0.25, -0.2) is 0 Å². The average Bonchev–Trinajstić information content (AvgIpc) is 2.75. The molecule has 0 saturated carbocycles. The predicted octanol–water partition coefficient (Wildman–Crippen LogP) is 5.78. The summed E-state index contributed by atoms with van der Waals surface area (Å²) in [5, 5.41) is 2.16. The maximum Gasteiger partial charge on any atom is 0.0570 e. The molecule has 1 rings (SSSR count). The summed E-state index contributed by atoms with van der Waals surface area (Å²) in [7, 11) is 0.